The molecule has 0 aromatic heterocycles. The van der Waals surface area contributed by atoms with Gasteiger partial charge in [0.1, 0.15) is 11.8 Å². The molecule has 2 rings (SSSR count). The number of hydrogen-bond acceptors (Lipinski definition) is 2. The van der Waals surface area contributed by atoms with Crippen molar-refractivity contribution in [3.05, 3.63) is 34.9 Å². The van der Waals surface area contributed by atoms with Crippen LogP contribution in [0.2, 0.25) is 5.02 Å². The Kier molecular flexibility index (Phi) is 4.30. The summed E-state index contributed by atoms with van der Waals surface area (Å²) < 4.78 is 36.8. The first-order valence-electron chi connectivity index (χ1n) is 5.60. The highest BCUT2D eigenvalue weighted by atomic mass is 35.5. The van der Waals surface area contributed by atoms with Crippen LogP contribution < -0.4 is 0 Å². The Morgan fingerprint density at radius 2 is 2.00 bits per heavy atom. The van der Waals surface area contributed by atoms with Crippen molar-refractivity contribution in [2.75, 3.05) is 12.3 Å². The van der Waals surface area contributed by atoms with Gasteiger partial charge in [0.25, 0.3) is 0 Å². The minimum atomic E-state index is -4.46. The van der Waals surface area contributed by atoms with E-state index in [1.165, 1.54) is 16.7 Å². The molecule has 2 nitrogen and oxygen atoms in total. The highest BCUT2D eigenvalue weighted by molar-refractivity contribution is 7.99. The summed E-state index contributed by atoms with van der Waals surface area (Å²) in [5.41, 5.74) is 0.794. The Morgan fingerprint density at radius 3 is 2.58 bits per heavy atom. The summed E-state index contributed by atoms with van der Waals surface area (Å²) >= 11 is 7.23. The van der Waals surface area contributed by atoms with Crippen LogP contribution in [0.15, 0.2) is 24.3 Å². The van der Waals surface area contributed by atoms with Crippen LogP contribution in [0.4, 0.5) is 13.2 Å². The lowest BCUT2D eigenvalue weighted by molar-refractivity contribution is -0.161. The lowest BCUT2D eigenvalue weighted by Gasteiger charge is -2.24. The van der Waals surface area contributed by atoms with Gasteiger partial charge in [-0.1, -0.05) is 23.7 Å². The van der Waals surface area contributed by atoms with Crippen molar-refractivity contribution < 1.29 is 18.0 Å². The average Bonchev–Trinajstić information content (AvgIpc) is 2.76. The number of halogens is 4. The first kappa shape index (κ1) is 14.5. The SMILES string of the molecule is O=C(CC(F)(F)F)N1CCSC1c1ccc(Cl)cc1. The molecule has 1 heterocycles. The van der Waals surface area contributed by atoms with E-state index in [9.17, 15) is 18.0 Å². The smallest absolute Gasteiger partial charge is 0.325 e. The van der Waals surface area contributed by atoms with Crippen molar-refractivity contribution in [2.45, 2.75) is 18.0 Å². The van der Waals surface area contributed by atoms with E-state index in [1.54, 1.807) is 24.3 Å². The van der Waals surface area contributed by atoms with Crippen LogP contribution in [-0.4, -0.2) is 29.3 Å². The van der Waals surface area contributed by atoms with Gasteiger partial charge in [-0.2, -0.15) is 13.2 Å². The van der Waals surface area contributed by atoms with Gasteiger partial charge in [-0.3, -0.25) is 4.79 Å². The number of alkyl halides is 3. The van der Waals surface area contributed by atoms with Crippen LogP contribution in [0.3, 0.4) is 0 Å². The third kappa shape index (κ3) is 3.79. The summed E-state index contributed by atoms with van der Waals surface area (Å²) in [6.07, 6.45) is -5.87. The normalized spacial score (nSPS) is 19.8. The van der Waals surface area contributed by atoms with Crippen molar-refractivity contribution in [3.8, 4) is 0 Å². The van der Waals surface area contributed by atoms with Gasteiger partial charge in [0.05, 0.1) is 0 Å². The molecule has 1 fully saturated rings. The fraction of sp³-hybridized carbons (Fsp3) is 0.417. The monoisotopic (exact) mass is 309 g/mol. The zero-order valence-electron chi connectivity index (χ0n) is 9.78. The molecule has 1 saturated heterocycles. The van der Waals surface area contributed by atoms with Crippen molar-refractivity contribution in [1.29, 1.82) is 0 Å². The second-order valence-electron chi connectivity index (χ2n) is 4.15. The third-order valence-corrected chi connectivity index (χ3v) is 4.23. The van der Waals surface area contributed by atoms with E-state index in [0.717, 1.165) is 5.56 Å². The van der Waals surface area contributed by atoms with Gasteiger partial charge in [0.2, 0.25) is 5.91 Å². The van der Waals surface area contributed by atoms with Gasteiger partial charge in [-0.25, -0.2) is 0 Å². The molecule has 0 N–H and O–H groups in total. The predicted octanol–water partition coefficient (Wildman–Crippen LogP) is 3.87. The van der Waals surface area contributed by atoms with Gasteiger partial charge < -0.3 is 4.90 Å². The van der Waals surface area contributed by atoms with E-state index in [0.29, 0.717) is 17.3 Å². The quantitative estimate of drug-likeness (QED) is 0.826. The summed E-state index contributed by atoms with van der Waals surface area (Å²) in [5, 5.41) is 0.201. The second kappa shape index (κ2) is 5.63. The number of thioether (sulfide) groups is 1. The van der Waals surface area contributed by atoms with Crippen molar-refractivity contribution >= 4 is 29.3 Å². The van der Waals surface area contributed by atoms with Crippen LogP contribution in [0, 0.1) is 0 Å². The number of amides is 1. The highest BCUT2D eigenvalue weighted by Crippen LogP contribution is 2.39. The Balaban J connectivity index is 2.12. The molecule has 1 unspecified atom stereocenters. The molecule has 104 valence electrons. The molecule has 0 aliphatic carbocycles. The standard InChI is InChI=1S/C12H11ClF3NOS/c13-9-3-1-8(2-4-9)11-17(5-6-19-11)10(18)7-12(14,15)16/h1-4,11H,5-7H2. The number of nitrogens with zero attached hydrogens (tertiary/aromatic N) is 1. The second-order valence-corrected chi connectivity index (χ2v) is 5.78. The van der Waals surface area contributed by atoms with E-state index in [4.69, 9.17) is 11.6 Å². The van der Waals surface area contributed by atoms with Crippen molar-refractivity contribution in [1.82, 2.24) is 4.90 Å². The molecule has 19 heavy (non-hydrogen) atoms. The Hall–Kier alpha value is -0.880. The molecular formula is C12H11ClF3NOS. The molecule has 1 aromatic rings. The van der Waals surface area contributed by atoms with Crippen molar-refractivity contribution in [2.24, 2.45) is 0 Å². The van der Waals surface area contributed by atoms with E-state index in [-0.39, 0.29) is 5.37 Å². The molecule has 0 bridgehead atoms. The zero-order chi connectivity index (χ0) is 14.0. The van der Waals surface area contributed by atoms with Crippen LogP contribution in [0.25, 0.3) is 0 Å². The maximum absolute atomic E-state index is 12.3. The number of carbonyl (C=O) groups is 1. The van der Waals surface area contributed by atoms with Gasteiger partial charge in [-0.15, -0.1) is 11.8 Å². The van der Waals surface area contributed by atoms with Crippen LogP contribution >= 0.6 is 23.4 Å². The van der Waals surface area contributed by atoms with Gasteiger partial charge in [0.15, 0.2) is 0 Å². The zero-order valence-corrected chi connectivity index (χ0v) is 11.4. The molecule has 0 saturated carbocycles. The topological polar surface area (TPSA) is 20.3 Å². The van der Waals surface area contributed by atoms with Crippen molar-refractivity contribution in [3.63, 3.8) is 0 Å². The summed E-state index contributed by atoms with van der Waals surface area (Å²) in [6, 6.07) is 6.81. The fourth-order valence-electron chi connectivity index (χ4n) is 1.90. The van der Waals surface area contributed by atoms with Crippen LogP contribution in [-0.2, 0) is 4.79 Å². The molecule has 1 aliphatic heterocycles. The molecule has 1 aliphatic rings. The van der Waals surface area contributed by atoms with Crippen LogP contribution in [0.5, 0.6) is 0 Å². The highest BCUT2D eigenvalue weighted by Gasteiger charge is 2.38. The first-order chi connectivity index (χ1) is 8.87. The largest absolute Gasteiger partial charge is 0.397 e. The molecule has 0 spiro atoms. The summed E-state index contributed by atoms with van der Waals surface area (Å²) in [7, 11) is 0. The minimum absolute atomic E-state index is 0.340. The summed E-state index contributed by atoms with van der Waals surface area (Å²) in [6.45, 7) is 0.340. The number of benzene rings is 1. The van der Waals surface area contributed by atoms with Gasteiger partial charge in [0, 0.05) is 17.3 Å². The van der Waals surface area contributed by atoms with E-state index in [2.05, 4.69) is 0 Å². The first-order valence-corrected chi connectivity index (χ1v) is 7.03. The lowest BCUT2D eigenvalue weighted by atomic mass is 10.2. The van der Waals surface area contributed by atoms with Gasteiger partial charge >= 0.3 is 6.18 Å². The van der Waals surface area contributed by atoms with Crippen LogP contribution in [0.1, 0.15) is 17.4 Å². The number of hydrogen-bond donors (Lipinski definition) is 0. The van der Waals surface area contributed by atoms with Gasteiger partial charge in [-0.05, 0) is 17.7 Å². The lowest BCUT2D eigenvalue weighted by Crippen LogP contribution is -2.33. The number of carbonyl (C=O) groups excluding carboxylic acids is 1. The minimum Gasteiger partial charge on any atom is -0.325 e. The maximum Gasteiger partial charge on any atom is 0.397 e. The number of rotatable bonds is 2. The van der Waals surface area contributed by atoms with E-state index < -0.39 is 18.5 Å². The maximum atomic E-state index is 12.3. The third-order valence-electron chi connectivity index (χ3n) is 2.72. The van der Waals surface area contributed by atoms with E-state index >= 15 is 0 Å². The molecule has 1 aromatic carbocycles. The predicted molar refractivity (Wildman–Crippen MR) is 69.0 cm³/mol. The van der Waals surface area contributed by atoms with E-state index in [1.807, 2.05) is 0 Å². The molecule has 7 heteroatoms. The average molecular weight is 310 g/mol. The molecule has 1 atom stereocenters. The fourth-order valence-corrected chi connectivity index (χ4v) is 3.31. The Bertz CT molecular complexity index is 463. The summed E-state index contributed by atoms with van der Waals surface area (Å²) in [4.78, 5) is 13.0. The molecular weight excluding hydrogens is 299 g/mol. The molecule has 0 radical (unpaired) electrons. The Morgan fingerprint density at radius 1 is 1.37 bits per heavy atom. The molecule has 1 amide bonds. The Labute approximate surface area is 117 Å². The summed E-state index contributed by atoms with van der Waals surface area (Å²) in [5.74, 6) is -0.242.